The molecule has 0 atom stereocenters. The molecule has 0 unspecified atom stereocenters. The average molecular weight is 321 g/mol. The summed E-state index contributed by atoms with van der Waals surface area (Å²) in [6.07, 6.45) is 1.96. The second-order valence-electron chi connectivity index (χ2n) is 5.55. The van der Waals surface area contributed by atoms with E-state index in [0.29, 0.717) is 5.92 Å². The Morgan fingerprint density at radius 3 is 2.57 bits per heavy atom. The van der Waals surface area contributed by atoms with Crippen molar-refractivity contribution in [3.05, 3.63) is 52.7 Å². The lowest BCUT2D eigenvalue weighted by Crippen LogP contribution is -2.19. The first kappa shape index (κ1) is 16.3. The number of pyridine rings is 1. The van der Waals surface area contributed by atoms with E-state index >= 15 is 0 Å². The summed E-state index contributed by atoms with van der Waals surface area (Å²) in [4.78, 5) is 5.74. The van der Waals surface area contributed by atoms with Crippen LogP contribution in [0.1, 0.15) is 25.0 Å². The monoisotopic (exact) mass is 320 g/mol. The normalized spacial score (nSPS) is 11.1. The number of halogens is 1. The first-order valence-corrected chi connectivity index (χ1v) is 8.33. The van der Waals surface area contributed by atoms with Crippen molar-refractivity contribution in [3.8, 4) is 0 Å². The Kier molecular flexibility index (Phi) is 6.09. The van der Waals surface area contributed by atoms with Crippen LogP contribution in [-0.2, 0) is 6.54 Å². The number of aryl methyl sites for hydroxylation is 1. The smallest absolute Gasteiger partial charge is 0.104 e. The molecule has 0 aliphatic heterocycles. The first-order valence-electron chi connectivity index (χ1n) is 7.14. The summed E-state index contributed by atoms with van der Waals surface area (Å²) < 4.78 is 0. The molecule has 0 radical (unpaired) electrons. The van der Waals surface area contributed by atoms with Crippen molar-refractivity contribution in [1.29, 1.82) is 0 Å². The van der Waals surface area contributed by atoms with Gasteiger partial charge in [0.15, 0.2) is 0 Å². The third-order valence-electron chi connectivity index (χ3n) is 3.00. The Bertz CT molecular complexity index is 582. The van der Waals surface area contributed by atoms with Crippen LogP contribution in [0.2, 0.25) is 5.02 Å². The van der Waals surface area contributed by atoms with Gasteiger partial charge in [0.2, 0.25) is 0 Å². The molecule has 0 aliphatic carbocycles. The van der Waals surface area contributed by atoms with Crippen molar-refractivity contribution in [1.82, 2.24) is 10.3 Å². The van der Waals surface area contributed by atoms with E-state index < -0.39 is 0 Å². The first-order chi connectivity index (χ1) is 10.0. The molecule has 0 fully saturated rings. The molecule has 1 aromatic carbocycles. The lowest BCUT2D eigenvalue weighted by Gasteiger charge is -2.10. The third kappa shape index (κ3) is 5.34. The van der Waals surface area contributed by atoms with Gasteiger partial charge in [-0.2, -0.15) is 0 Å². The minimum absolute atomic E-state index is 0.666. The quantitative estimate of drug-likeness (QED) is 0.816. The van der Waals surface area contributed by atoms with Gasteiger partial charge in [-0.1, -0.05) is 43.3 Å². The maximum atomic E-state index is 5.91. The molecule has 21 heavy (non-hydrogen) atoms. The summed E-state index contributed by atoms with van der Waals surface area (Å²) in [5, 5.41) is 5.25. The van der Waals surface area contributed by atoms with Crippen LogP contribution in [0.4, 0.5) is 0 Å². The number of nitrogens with one attached hydrogen (secondary N) is 1. The van der Waals surface area contributed by atoms with Crippen LogP contribution in [-0.4, -0.2) is 11.5 Å². The van der Waals surface area contributed by atoms with E-state index in [1.807, 2.05) is 30.5 Å². The lowest BCUT2D eigenvalue weighted by atomic mass is 10.2. The molecule has 0 amide bonds. The molecule has 112 valence electrons. The fourth-order valence-corrected chi connectivity index (χ4v) is 2.89. The zero-order valence-electron chi connectivity index (χ0n) is 12.7. The van der Waals surface area contributed by atoms with Crippen LogP contribution in [0.15, 0.2) is 46.5 Å². The Hall–Kier alpha value is -1.03. The van der Waals surface area contributed by atoms with Crippen LogP contribution < -0.4 is 5.32 Å². The Morgan fingerprint density at radius 1 is 1.24 bits per heavy atom. The van der Waals surface area contributed by atoms with Gasteiger partial charge in [-0.15, -0.1) is 0 Å². The minimum atomic E-state index is 0.666. The predicted octanol–water partition coefficient (Wildman–Crippen LogP) is 4.94. The van der Waals surface area contributed by atoms with E-state index in [4.69, 9.17) is 11.6 Å². The van der Waals surface area contributed by atoms with Crippen LogP contribution in [0.3, 0.4) is 0 Å². The lowest BCUT2D eigenvalue weighted by molar-refractivity contribution is 0.551. The summed E-state index contributed by atoms with van der Waals surface area (Å²) in [6.45, 7) is 8.43. The van der Waals surface area contributed by atoms with E-state index in [9.17, 15) is 0 Å². The molecular weight excluding hydrogens is 300 g/mol. The fraction of sp³-hybridized carbons (Fsp3) is 0.353. The molecule has 1 heterocycles. The highest BCUT2D eigenvalue weighted by Crippen LogP contribution is 2.29. The molecule has 0 spiro atoms. The minimum Gasteiger partial charge on any atom is -0.312 e. The number of benzene rings is 1. The number of rotatable bonds is 6. The van der Waals surface area contributed by atoms with Crippen LogP contribution in [0, 0.1) is 12.8 Å². The highest BCUT2D eigenvalue weighted by atomic mass is 35.5. The average Bonchev–Trinajstić information content (AvgIpc) is 2.44. The van der Waals surface area contributed by atoms with Crippen LogP contribution >= 0.6 is 23.4 Å². The molecule has 1 aromatic heterocycles. The van der Waals surface area contributed by atoms with E-state index in [0.717, 1.165) is 28.0 Å². The second-order valence-corrected chi connectivity index (χ2v) is 7.05. The van der Waals surface area contributed by atoms with Crippen LogP contribution in [0.25, 0.3) is 0 Å². The molecule has 1 N–H and O–H groups in total. The van der Waals surface area contributed by atoms with Gasteiger partial charge in [0.05, 0.1) is 0 Å². The van der Waals surface area contributed by atoms with Gasteiger partial charge < -0.3 is 5.32 Å². The Morgan fingerprint density at radius 2 is 1.95 bits per heavy atom. The van der Waals surface area contributed by atoms with E-state index in [-0.39, 0.29) is 0 Å². The Labute approximate surface area is 136 Å². The van der Waals surface area contributed by atoms with Gasteiger partial charge in [0.1, 0.15) is 5.03 Å². The van der Waals surface area contributed by atoms with E-state index in [1.165, 1.54) is 11.1 Å². The molecule has 0 saturated heterocycles. The van der Waals surface area contributed by atoms with Gasteiger partial charge in [0.25, 0.3) is 0 Å². The number of aromatic nitrogens is 1. The fourth-order valence-electron chi connectivity index (χ4n) is 1.94. The summed E-state index contributed by atoms with van der Waals surface area (Å²) in [5.74, 6) is 0.666. The SMILES string of the molecule is Cc1cc(CNCC(C)C)cnc1Sc1ccc(Cl)cc1. The van der Waals surface area contributed by atoms with Crippen molar-refractivity contribution < 1.29 is 0 Å². The Balaban J connectivity index is 2.00. The van der Waals surface area contributed by atoms with Crippen molar-refractivity contribution in [2.24, 2.45) is 5.92 Å². The zero-order valence-corrected chi connectivity index (χ0v) is 14.3. The maximum Gasteiger partial charge on any atom is 0.104 e. The molecule has 0 aliphatic rings. The molecule has 2 aromatic rings. The summed E-state index contributed by atoms with van der Waals surface area (Å²) in [7, 11) is 0. The summed E-state index contributed by atoms with van der Waals surface area (Å²) >= 11 is 7.58. The molecule has 4 heteroatoms. The van der Waals surface area contributed by atoms with Gasteiger partial charge in [-0.3, -0.25) is 0 Å². The van der Waals surface area contributed by atoms with Crippen molar-refractivity contribution in [2.75, 3.05) is 6.54 Å². The standard InChI is InChI=1S/C17H21ClN2S/c1-12(2)9-19-10-14-8-13(3)17(20-11-14)21-16-6-4-15(18)5-7-16/h4-8,11-12,19H,9-10H2,1-3H3. The molecule has 0 saturated carbocycles. The van der Waals surface area contributed by atoms with Crippen LogP contribution in [0.5, 0.6) is 0 Å². The zero-order chi connectivity index (χ0) is 15.2. The molecular formula is C17H21ClN2S. The third-order valence-corrected chi connectivity index (χ3v) is 4.38. The van der Waals surface area contributed by atoms with Crippen molar-refractivity contribution >= 4 is 23.4 Å². The number of hydrogen-bond donors (Lipinski definition) is 1. The van der Waals surface area contributed by atoms with Gasteiger partial charge in [-0.05, 0) is 54.8 Å². The van der Waals surface area contributed by atoms with Crippen molar-refractivity contribution in [2.45, 2.75) is 37.2 Å². The molecule has 2 nitrogen and oxygen atoms in total. The summed E-state index contributed by atoms with van der Waals surface area (Å²) in [5.41, 5.74) is 2.44. The van der Waals surface area contributed by atoms with Gasteiger partial charge >= 0.3 is 0 Å². The topological polar surface area (TPSA) is 24.9 Å². The van der Waals surface area contributed by atoms with Crippen molar-refractivity contribution in [3.63, 3.8) is 0 Å². The van der Waals surface area contributed by atoms with Gasteiger partial charge in [0, 0.05) is 22.7 Å². The number of hydrogen-bond acceptors (Lipinski definition) is 3. The largest absolute Gasteiger partial charge is 0.312 e. The number of nitrogens with zero attached hydrogens (tertiary/aromatic N) is 1. The van der Waals surface area contributed by atoms with E-state index in [2.05, 4.69) is 37.1 Å². The highest BCUT2D eigenvalue weighted by Gasteiger charge is 2.05. The summed E-state index contributed by atoms with van der Waals surface area (Å²) in [6, 6.07) is 10.1. The second kappa shape index (κ2) is 7.83. The predicted molar refractivity (Wildman–Crippen MR) is 91.1 cm³/mol. The van der Waals surface area contributed by atoms with Gasteiger partial charge in [-0.25, -0.2) is 4.98 Å². The molecule has 0 bridgehead atoms. The maximum absolute atomic E-state index is 5.91. The molecule has 2 rings (SSSR count). The van der Waals surface area contributed by atoms with E-state index in [1.54, 1.807) is 11.8 Å². The highest BCUT2D eigenvalue weighted by molar-refractivity contribution is 7.99.